The number of methoxy groups -OCH3 is 1. The standard InChI is InChI=1S/C25H32N2O2/c1-5-6-21-17-22(9-12-24(21)29-4)25(28)26-19(3)20-7-10-23(11-8-20)27-15-13-18(2)14-16-27/h5,7-12,17-19H,1,6,13-16H2,2-4H3,(H,26,28)/t19-/m0/s1. The number of anilines is 1. The molecule has 1 N–H and O–H groups in total. The van der Waals surface area contributed by atoms with E-state index in [-0.39, 0.29) is 11.9 Å². The number of nitrogens with zero attached hydrogens (tertiary/aromatic N) is 1. The zero-order valence-electron chi connectivity index (χ0n) is 17.8. The van der Waals surface area contributed by atoms with Crippen molar-refractivity contribution in [2.24, 2.45) is 5.92 Å². The molecule has 1 saturated heterocycles. The first kappa shape index (κ1) is 21.0. The van der Waals surface area contributed by atoms with E-state index < -0.39 is 0 Å². The molecule has 4 heteroatoms. The lowest BCUT2D eigenvalue weighted by Crippen LogP contribution is -2.32. The van der Waals surface area contributed by atoms with Gasteiger partial charge in [0, 0.05) is 24.3 Å². The molecule has 2 aromatic rings. The number of nitrogens with one attached hydrogen (secondary N) is 1. The van der Waals surface area contributed by atoms with Gasteiger partial charge in [0.1, 0.15) is 5.75 Å². The molecule has 2 aromatic carbocycles. The minimum absolute atomic E-state index is 0.0668. The molecule has 3 rings (SSSR count). The smallest absolute Gasteiger partial charge is 0.251 e. The highest BCUT2D eigenvalue weighted by atomic mass is 16.5. The van der Waals surface area contributed by atoms with Gasteiger partial charge in [-0.05, 0) is 73.6 Å². The molecular formula is C25H32N2O2. The highest BCUT2D eigenvalue weighted by Crippen LogP contribution is 2.25. The molecule has 29 heavy (non-hydrogen) atoms. The molecule has 1 aliphatic rings. The summed E-state index contributed by atoms with van der Waals surface area (Å²) >= 11 is 0. The second kappa shape index (κ2) is 9.64. The van der Waals surface area contributed by atoms with E-state index in [0.717, 1.165) is 35.9 Å². The SMILES string of the molecule is C=CCc1cc(C(=O)N[C@@H](C)c2ccc(N3CCC(C)CC3)cc2)ccc1OC. The summed E-state index contributed by atoms with van der Waals surface area (Å²) in [4.78, 5) is 15.2. The van der Waals surface area contributed by atoms with Crippen molar-refractivity contribution >= 4 is 11.6 Å². The third-order valence-electron chi connectivity index (χ3n) is 5.80. The lowest BCUT2D eigenvalue weighted by Gasteiger charge is -2.32. The van der Waals surface area contributed by atoms with Crippen LogP contribution < -0.4 is 15.0 Å². The Hall–Kier alpha value is -2.75. The molecule has 0 radical (unpaired) electrons. The number of piperidine rings is 1. The summed E-state index contributed by atoms with van der Waals surface area (Å²) in [5, 5.41) is 3.10. The van der Waals surface area contributed by atoms with Crippen molar-refractivity contribution in [2.75, 3.05) is 25.1 Å². The number of hydrogen-bond acceptors (Lipinski definition) is 3. The Bertz CT molecular complexity index is 836. The number of amides is 1. The van der Waals surface area contributed by atoms with Crippen LogP contribution in [-0.2, 0) is 6.42 Å². The third kappa shape index (κ3) is 5.20. The molecule has 0 aromatic heterocycles. The van der Waals surface area contributed by atoms with Crippen LogP contribution in [0.4, 0.5) is 5.69 Å². The minimum Gasteiger partial charge on any atom is -0.496 e. The monoisotopic (exact) mass is 392 g/mol. The van der Waals surface area contributed by atoms with Crippen LogP contribution in [-0.4, -0.2) is 26.1 Å². The topological polar surface area (TPSA) is 41.6 Å². The second-order valence-corrected chi connectivity index (χ2v) is 7.98. The first-order valence-corrected chi connectivity index (χ1v) is 10.5. The van der Waals surface area contributed by atoms with Crippen molar-refractivity contribution in [1.82, 2.24) is 5.32 Å². The minimum atomic E-state index is -0.0837. The van der Waals surface area contributed by atoms with Crippen LogP contribution in [0.15, 0.2) is 55.1 Å². The fraction of sp³-hybridized carbons (Fsp3) is 0.400. The molecule has 4 nitrogen and oxygen atoms in total. The van der Waals surface area contributed by atoms with Gasteiger partial charge in [-0.1, -0.05) is 25.1 Å². The van der Waals surface area contributed by atoms with Gasteiger partial charge in [0.05, 0.1) is 13.2 Å². The predicted octanol–water partition coefficient (Wildman–Crippen LogP) is 5.15. The summed E-state index contributed by atoms with van der Waals surface area (Å²) in [6.45, 7) is 10.4. The Morgan fingerprint density at radius 1 is 1.24 bits per heavy atom. The second-order valence-electron chi connectivity index (χ2n) is 7.98. The quantitative estimate of drug-likeness (QED) is 0.663. The van der Waals surface area contributed by atoms with Crippen LogP contribution in [0.25, 0.3) is 0 Å². The Kier molecular flexibility index (Phi) is 6.97. The first-order valence-electron chi connectivity index (χ1n) is 10.5. The normalized spacial score (nSPS) is 15.6. The van der Waals surface area contributed by atoms with Crippen molar-refractivity contribution in [3.8, 4) is 5.75 Å². The number of carbonyl (C=O) groups excluding carboxylic acids is 1. The molecule has 1 aliphatic heterocycles. The Balaban J connectivity index is 1.65. The van der Waals surface area contributed by atoms with E-state index in [0.29, 0.717) is 12.0 Å². The molecule has 1 atom stereocenters. The van der Waals surface area contributed by atoms with Gasteiger partial charge in [0.25, 0.3) is 5.91 Å². The van der Waals surface area contributed by atoms with Crippen LogP contribution in [0.1, 0.15) is 54.2 Å². The predicted molar refractivity (Wildman–Crippen MR) is 120 cm³/mol. The maximum atomic E-state index is 12.7. The van der Waals surface area contributed by atoms with Crippen LogP contribution in [0, 0.1) is 5.92 Å². The van der Waals surface area contributed by atoms with Gasteiger partial charge in [-0.2, -0.15) is 0 Å². The summed E-state index contributed by atoms with van der Waals surface area (Å²) in [6, 6.07) is 14.0. The van der Waals surface area contributed by atoms with E-state index in [1.807, 2.05) is 25.1 Å². The molecular weight excluding hydrogens is 360 g/mol. The maximum absolute atomic E-state index is 12.7. The Morgan fingerprint density at radius 2 is 1.93 bits per heavy atom. The number of ether oxygens (including phenoxy) is 1. The number of hydrogen-bond donors (Lipinski definition) is 1. The van der Waals surface area contributed by atoms with Crippen molar-refractivity contribution in [2.45, 2.75) is 39.2 Å². The molecule has 1 heterocycles. The summed E-state index contributed by atoms with van der Waals surface area (Å²) < 4.78 is 5.37. The fourth-order valence-corrected chi connectivity index (χ4v) is 3.84. The van der Waals surface area contributed by atoms with E-state index in [1.54, 1.807) is 13.2 Å². The van der Waals surface area contributed by atoms with Gasteiger partial charge >= 0.3 is 0 Å². The number of benzene rings is 2. The summed E-state index contributed by atoms with van der Waals surface area (Å²) in [6.07, 6.45) is 4.98. The van der Waals surface area contributed by atoms with Crippen molar-refractivity contribution < 1.29 is 9.53 Å². The summed E-state index contributed by atoms with van der Waals surface area (Å²) in [5.74, 6) is 1.52. The molecule has 0 aliphatic carbocycles. The van der Waals surface area contributed by atoms with Crippen molar-refractivity contribution in [3.63, 3.8) is 0 Å². The lowest BCUT2D eigenvalue weighted by molar-refractivity contribution is 0.0939. The molecule has 1 fully saturated rings. The highest BCUT2D eigenvalue weighted by molar-refractivity contribution is 5.94. The van der Waals surface area contributed by atoms with E-state index in [1.165, 1.54) is 18.5 Å². The van der Waals surface area contributed by atoms with Crippen molar-refractivity contribution in [3.05, 3.63) is 71.8 Å². The largest absolute Gasteiger partial charge is 0.496 e. The third-order valence-corrected chi connectivity index (χ3v) is 5.80. The number of carbonyl (C=O) groups is 1. The maximum Gasteiger partial charge on any atom is 0.251 e. The lowest BCUT2D eigenvalue weighted by atomic mass is 9.98. The zero-order chi connectivity index (χ0) is 20.8. The molecule has 154 valence electrons. The van der Waals surface area contributed by atoms with Crippen LogP contribution >= 0.6 is 0 Å². The average molecular weight is 393 g/mol. The fourth-order valence-electron chi connectivity index (χ4n) is 3.84. The molecule has 0 saturated carbocycles. The van der Waals surface area contributed by atoms with Gasteiger partial charge in [-0.15, -0.1) is 6.58 Å². The van der Waals surface area contributed by atoms with Gasteiger partial charge < -0.3 is 15.0 Å². The van der Waals surface area contributed by atoms with Gasteiger partial charge in [-0.3, -0.25) is 4.79 Å². The Morgan fingerprint density at radius 3 is 2.55 bits per heavy atom. The van der Waals surface area contributed by atoms with E-state index in [9.17, 15) is 4.79 Å². The highest BCUT2D eigenvalue weighted by Gasteiger charge is 2.17. The Labute approximate surface area is 174 Å². The van der Waals surface area contributed by atoms with E-state index in [2.05, 4.69) is 48.0 Å². The molecule has 0 bridgehead atoms. The zero-order valence-corrected chi connectivity index (χ0v) is 17.8. The molecule has 1 amide bonds. The van der Waals surface area contributed by atoms with Gasteiger partial charge in [0.15, 0.2) is 0 Å². The van der Waals surface area contributed by atoms with Crippen LogP contribution in [0.5, 0.6) is 5.75 Å². The first-order chi connectivity index (χ1) is 14.0. The van der Waals surface area contributed by atoms with E-state index >= 15 is 0 Å². The molecule has 0 unspecified atom stereocenters. The van der Waals surface area contributed by atoms with E-state index in [4.69, 9.17) is 4.74 Å². The van der Waals surface area contributed by atoms with Gasteiger partial charge in [0.2, 0.25) is 0 Å². The van der Waals surface area contributed by atoms with Crippen LogP contribution in [0.2, 0.25) is 0 Å². The molecule has 0 spiro atoms. The van der Waals surface area contributed by atoms with Gasteiger partial charge in [-0.25, -0.2) is 0 Å². The summed E-state index contributed by atoms with van der Waals surface area (Å²) in [5.41, 5.74) is 3.97. The number of rotatable bonds is 7. The number of allylic oxidation sites excluding steroid dienone is 1. The average Bonchev–Trinajstić information content (AvgIpc) is 2.74. The van der Waals surface area contributed by atoms with Crippen LogP contribution in [0.3, 0.4) is 0 Å². The summed E-state index contributed by atoms with van der Waals surface area (Å²) in [7, 11) is 1.64. The van der Waals surface area contributed by atoms with Crippen molar-refractivity contribution in [1.29, 1.82) is 0 Å².